The van der Waals surface area contributed by atoms with Gasteiger partial charge in [-0.1, -0.05) is 44.2 Å². The summed E-state index contributed by atoms with van der Waals surface area (Å²) < 4.78 is 0. The van der Waals surface area contributed by atoms with Crippen molar-refractivity contribution in [2.45, 2.75) is 69.7 Å². The molecular weight excluding hydrogens is 270 g/mol. The molecule has 2 aliphatic carbocycles. The summed E-state index contributed by atoms with van der Waals surface area (Å²) in [5, 5.41) is 4.89. The number of hydrogen-bond acceptors (Lipinski definition) is 3. The van der Waals surface area contributed by atoms with Gasteiger partial charge in [0.1, 0.15) is 11.6 Å². The molecule has 0 saturated heterocycles. The van der Waals surface area contributed by atoms with E-state index in [9.17, 15) is 0 Å². The van der Waals surface area contributed by atoms with Gasteiger partial charge in [0, 0.05) is 17.3 Å². The maximum absolute atomic E-state index is 4.97. The van der Waals surface area contributed by atoms with Gasteiger partial charge in [-0.15, -0.1) is 0 Å². The van der Waals surface area contributed by atoms with Crippen molar-refractivity contribution in [1.29, 1.82) is 0 Å². The fraction of sp³-hybridized carbons (Fsp3) is 0.579. The molecule has 0 radical (unpaired) electrons. The molecule has 3 heteroatoms. The van der Waals surface area contributed by atoms with Crippen LogP contribution < -0.4 is 5.32 Å². The lowest BCUT2D eigenvalue weighted by Gasteiger charge is -2.22. The molecule has 2 aromatic rings. The highest BCUT2D eigenvalue weighted by Crippen LogP contribution is 2.33. The van der Waals surface area contributed by atoms with Crippen LogP contribution in [0.3, 0.4) is 0 Å². The summed E-state index contributed by atoms with van der Waals surface area (Å²) in [6.45, 7) is 0. The van der Waals surface area contributed by atoms with Gasteiger partial charge in [-0.25, -0.2) is 9.97 Å². The average Bonchev–Trinajstić information content (AvgIpc) is 3.09. The molecule has 0 atom stereocenters. The molecule has 4 rings (SSSR count). The molecule has 1 heterocycles. The molecule has 1 N–H and O–H groups in total. The maximum Gasteiger partial charge on any atom is 0.137 e. The third-order valence-corrected chi connectivity index (χ3v) is 5.29. The van der Waals surface area contributed by atoms with Crippen LogP contribution in [0.15, 0.2) is 24.3 Å². The summed E-state index contributed by atoms with van der Waals surface area (Å²) in [7, 11) is 0. The third kappa shape index (κ3) is 2.81. The van der Waals surface area contributed by atoms with Crippen LogP contribution in [0.1, 0.15) is 69.5 Å². The highest BCUT2D eigenvalue weighted by Gasteiger charge is 2.21. The lowest BCUT2D eigenvalue weighted by molar-refractivity contribution is 0.429. The van der Waals surface area contributed by atoms with Crippen LogP contribution in [0.2, 0.25) is 0 Å². The van der Waals surface area contributed by atoms with Crippen LogP contribution in [0.5, 0.6) is 0 Å². The monoisotopic (exact) mass is 295 g/mol. The molecule has 0 amide bonds. The number of nitrogens with one attached hydrogen (secondary N) is 1. The smallest absolute Gasteiger partial charge is 0.137 e. The van der Waals surface area contributed by atoms with E-state index in [0.717, 1.165) is 17.2 Å². The van der Waals surface area contributed by atoms with Crippen molar-refractivity contribution >= 4 is 16.7 Å². The molecule has 2 fully saturated rings. The van der Waals surface area contributed by atoms with Crippen LogP contribution in [-0.4, -0.2) is 16.0 Å². The van der Waals surface area contributed by atoms with E-state index in [2.05, 4.69) is 29.6 Å². The molecule has 0 aliphatic heterocycles. The molecule has 0 unspecified atom stereocenters. The summed E-state index contributed by atoms with van der Waals surface area (Å²) in [5.74, 6) is 2.69. The van der Waals surface area contributed by atoms with E-state index in [1.807, 2.05) is 0 Å². The third-order valence-electron chi connectivity index (χ3n) is 5.29. The van der Waals surface area contributed by atoms with Gasteiger partial charge >= 0.3 is 0 Å². The summed E-state index contributed by atoms with van der Waals surface area (Å²) in [4.78, 5) is 9.85. The minimum atomic E-state index is 0.558. The van der Waals surface area contributed by atoms with Crippen molar-refractivity contribution in [3.05, 3.63) is 30.1 Å². The van der Waals surface area contributed by atoms with E-state index in [0.29, 0.717) is 12.0 Å². The molecule has 1 aromatic heterocycles. The predicted octanol–water partition coefficient (Wildman–Crippen LogP) is 5.03. The Morgan fingerprint density at radius 2 is 1.55 bits per heavy atom. The van der Waals surface area contributed by atoms with E-state index in [1.54, 1.807) is 0 Å². The van der Waals surface area contributed by atoms with Crippen molar-refractivity contribution in [3.8, 4) is 0 Å². The number of hydrogen-bond donors (Lipinski definition) is 1. The number of nitrogens with zero attached hydrogens (tertiary/aromatic N) is 2. The van der Waals surface area contributed by atoms with Gasteiger partial charge in [0.05, 0.1) is 5.52 Å². The minimum absolute atomic E-state index is 0.558. The first kappa shape index (κ1) is 14.0. The van der Waals surface area contributed by atoms with E-state index >= 15 is 0 Å². The van der Waals surface area contributed by atoms with Crippen molar-refractivity contribution in [3.63, 3.8) is 0 Å². The molecular formula is C19H25N3. The number of anilines is 1. The Morgan fingerprint density at radius 1 is 0.818 bits per heavy atom. The van der Waals surface area contributed by atoms with E-state index < -0.39 is 0 Å². The largest absolute Gasteiger partial charge is 0.367 e. The Balaban J connectivity index is 1.71. The van der Waals surface area contributed by atoms with Crippen molar-refractivity contribution < 1.29 is 0 Å². The SMILES string of the molecule is c1ccc2c(NC3CCCC3)nc(C3CCCCC3)nc2c1. The predicted molar refractivity (Wildman–Crippen MR) is 91.2 cm³/mol. The van der Waals surface area contributed by atoms with Gasteiger partial charge in [-0.05, 0) is 37.8 Å². The topological polar surface area (TPSA) is 37.8 Å². The van der Waals surface area contributed by atoms with Gasteiger partial charge in [0.15, 0.2) is 0 Å². The number of benzene rings is 1. The fourth-order valence-electron chi connectivity index (χ4n) is 4.01. The molecule has 116 valence electrons. The second-order valence-electron chi connectivity index (χ2n) is 6.91. The Hall–Kier alpha value is -1.64. The summed E-state index contributed by atoms with van der Waals surface area (Å²) in [6, 6.07) is 9.04. The summed E-state index contributed by atoms with van der Waals surface area (Å²) in [5.41, 5.74) is 1.10. The zero-order valence-electron chi connectivity index (χ0n) is 13.2. The van der Waals surface area contributed by atoms with Gasteiger partial charge in [0.2, 0.25) is 0 Å². The normalized spacial score (nSPS) is 20.5. The maximum atomic E-state index is 4.97. The van der Waals surface area contributed by atoms with E-state index in [4.69, 9.17) is 9.97 Å². The highest BCUT2D eigenvalue weighted by molar-refractivity contribution is 5.89. The molecule has 22 heavy (non-hydrogen) atoms. The van der Waals surface area contributed by atoms with Crippen LogP contribution in [0, 0.1) is 0 Å². The fourth-order valence-corrected chi connectivity index (χ4v) is 4.01. The zero-order chi connectivity index (χ0) is 14.8. The molecule has 3 nitrogen and oxygen atoms in total. The molecule has 2 aliphatic rings. The molecule has 0 spiro atoms. The number of para-hydroxylation sites is 1. The first-order valence-electron chi connectivity index (χ1n) is 8.93. The first-order valence-corrected chi connectivity index (χ1v) is 8.93. The number of rotatable bonds is 3. The summed E-state index contributed by atoms with van der Waals surface area (Å²) in [6.07, 6.45) is 11.8. The standard InChI is InChI=1S/C19H25N3/c1-2-8-14(9-3-1)18-21-17-13-7-6-12-16(17)19(22-18)20-15-10-4-5-11-15/h6-7,12-15H,1-5,8-11H2,(H,20,21,22). The van der Waals surface area contributed by atoms with Gasteiger partial charge in [-0.2, -0.15) is 0 Å². The van der Waals surface area contributed by atoms with Crippen molar-refractivity contribution in [2.24, 2.45) is 0 Å². The first-order chi connectivity index (χ1) is 10.9. The Morgan fingerprint density at radius 3 is 2.36 bits per heavy atom. The van der Waals surface area contributed by atoms with E-state index in [1.165, 1.54) is 63.2 Å². The minimum Gasteiger partial charge on any atom is -0.367 e. The van der Waals surface area contributed by atoms with Crippen molar-refractivity contribution in [2.75, 3.05) is 5.32 Å². The number of fused-ring (bicyclic) bond motifs is 1. The van der Waals surface area contributed by atoms with Gasteiger partial charge < -0.3 is 5.32 Å². The summed E-state index contributed by atoms with van der Waals surface area (Å²) >= 11 is 0. The van der Waals surface area contributed by atoms with Crippen LogP contribution in [0.4, 0.5) is 5.82 Å². The Bertz CT molecular complexity index is 640. The molecule has 1 aromatic carbocycles. The van der Waals surface area contributed by atoms with Crippen LogP contribution in [0.25, 0.3) is 10.9 Å². The zero-order valence-corrected chi connectivity index (χ0v) is 13.2. The quantitative estimate of drug-likeness (QED) is 0.862. The second-order valence-corrected chi connectivity index (χ2v) is 6.91. The highest BCUT2D eigenvalue weighted by atomic mass is 15.1. The lowest BCUT2D eigenvalue weighted by Crippen LogP contribution is -2.18. The van der Waals surface area contributed by atoms with Gasteiger partial charge in [-0.3, -0.25) is 0 Å². The molecule has 0 bridgehead atoms. The lowest BCUT2D eigenvalue weighted by atomic mass is 9.88. The van der Waals surface area contributed by atoms with Crippen LogP contribution in [-0.2, 0) is 0 Å². The number of aromatic nitrogens is 2. The molecule has 2 saturated carbocycles. The Kier molecular flexibility index (Phi) is 3.96. The Labute approximate surface area is 132 Å². The second kappa shape index (κ2) is 6.23. The van der Waals surface area contributed by atoms with Crippen LogP contribution >= 0.6 is 0 Å². The van der Waals surface area contributed by atoms with E-state index in [-0.39, 0.29) is 0 Å². The van der Waals surface area contributed by atoms with Crippen molar-refractivity contribution in [1.82, 2.24) is 9.97 Å². The van der Waals surface area contributed by atoms with Gasteiger partial charge in [0.25, 0.3) is 0 Å². The average molecular weight is 295 g/mol.